The maximum absolute atomic E-state index is 12.6. The molecule has 3 amide bonds. The van der Waals surface area contributed by atoms with E-state index < -0.39 is 17.9 Å². The summed E-state index contributed by atoms with van der Waals surface area (Å²) in [7, 11) is 1.46. The Labute approximate surface area is 154 Å². The molecule has 9 nitrogen and oxygen atoms in total. The van der Waals surface area contributed by atoms with Crippen molar-refractivity contribution in [3.05, 3.63) is 41.5 Å². The van der Waals surface area contributed by atoms with Gasteiger partial charge in [-0.25, -0.2) is 4.79 Å². The van der Waals surface area contributed by atoms with E-state index in [4.69, 9.17) is 9.84 Å². The van der Waals surface area contributed by atoms with E-state index in [2.05, 4.69) is 15.5 Å². The molecule has 3 rings (SSSR count). The van der Waals surface area contributed by atoms with Crippen molar-refractivity contribution in [3.63, 3.8) is 0 Å². The predicted molar refractivity (Wildman–Crippen MR) is 96.2 cm³/mol. The number of aliphatic hydroxyl groups is 1. The number of hydrogen-bond acceptors (Lipinski definition) is 7. The monoisotopic (exact) mass is 370 g/mol. The summed E-state index contributed by atoms with van der Waals surface area (Å²) in [4.78, 5) is 37.2. The number of β-amino-alcohol motifs (C(OH)–C–C–N with tert-alkyl or cyclic N) is 1. The van der Waals surface area contributed by atoms with E-state index in [1.807, 2.05) is 0 Å². The number of aliphatic hydroxyl groups excluding tert-OH is 1. The number of imide groups is 1. The van der Waals surface area contributed by atoms with Crippen molar-refractivity contribution in [1.82, 2.24) is 10.2 Å². The topological polar surface area (TPSA) is 121 Å². The molecule has 0 fully saturated rings. The molecule has 0 saturated heterocycles. The Kier molecular flexibility index (Phi) is 5.41. The number of alkyl carbamates (subject to hydrolysis) is 1. The second-order valence-corrected chi connectivity index (χ2v) is 5.70. The van der Waals surface area contributed by atoms with E-state index in [0.29, 0.717) is 27.6 Å². The Morgan fingerprint density at radius 1 is 1.19 bits per heavy atom. The molecule has 0 bridgehead atoms. The van der Waals surface area contributed by atoms with E-state index in [-0.39, 0.29) is 26.3 Å². The van der Waals surface area contributed by atoms with Gasteiger partial charge in [0.1, 0.15) is 6.61 Å². The maximum atomic E-state index is 12.6. The fourth-order valence-electron chi connectivity index (χ4n) is 2.90. The van der Waals surface area contributed by atoms with Crippen molar-refractivity contribution in [1.29, 1.82) is 0 Å². The molecule has 2 N–H and O–H groups in total. The summed E-state index contributed by atoms with van der Waals surface area (Å²) < 4.78 is 4.83. The van der Waals surface area contributed by atoms with Crippen LogP contribution >= 0.6 is 0 Å². The van der Waals surface area contributed by atoms with E-state index in [1.54, 1.807) is 30.3 Å². The van der Waals surface area contributed by atoms with Gasteiger partial charge in [0.15, 0.2) is 0 Å². The summed E-state index contributed by atoms with van der Waals surface area (Å²) in [6.07, 6.45) is -0.545. The number of carbonyl (C=O) groups is 3. The lowest BCUT2D eigenvalue weighted by Crippen LogP contribution is -2.41. The third-order valence-corrected chi connectivity index (χ3v) is 4.10. The van der Waals surface area contributed by atoms with Crippen LogP contribution in [0, 0.1) is 0 Å². The van der Waals surface area contributed by atoms with Crippen LogP contribution in [0.3, 0.4) is 0 Å². The molecule has 0 radical (unpaired) electrons. The maximum Gasteiger partial charge on any atom is 0.406 e. The number of rotatable bonds is 6. The van der Waals surface area contributed by atoms with Gasteiger partial charge in [-0.2, -0.15) is 10.2 Å². The van der Waals surface area contributed by atoms with Crippen molar-refractivity contribution in [2.24, 2.45) is 10.2 Å². The molecule has 140 valence electrons. The zero-order chi connectivity index (χ0) is 19.4. The first-order valence-corrected chi connectivity index (χ1v) is 8.33. The van der Waals surface area contributed by atoms with Crippen LogP contribution in [0.5, 0.6) is 0 Å². The highest BCUT2D eigenvalue weighted by atomic mass is 16.5. The summed E-state index contributed by atoms with van der Waals surface area (Å²) in [6.45, 7) is -0.0937. The number of nitrogens with one attached hydrogen (secondary N) is 1. The van der Waals surface area contributed by atoms with Gasteiger partial charge in [-0.3, -0.25) is 14.5 Å². The Morgan fingerprint density at radius 3 is 2.63 bits per heavy atom. The Hall–Kier alpha value is -3.33. The van der Waals surface area contributed by atoms with Gasteiger partial charge in [-0.15, -0.1) is 0 Å². The van der Waals surface area contributed by atoms with Crippen molar-refractivity contribution in [3.8, 4) is 0 Å². The van der Waals surface area contributed by atoms with Crippen molar-refractivity contribution in [2.75, 3.05) is 33.4 Å². The molecule has 1 aliphatic heterocycles. The molecular weight excluding hydrogens is 352 g/mol. The predicted octanol–water partition coefficient (Wildman–Crippen LogP) is 1.87. The fourth-order valence-corrected chi connectivity index (χ4v) is 2.90. The number of amides is 3. The number of ether oxygens (including phenoxy) is 1. The molecule has 0 unspecified atom stereocenters. The lowest BCUT2D eigenvalue weighted by Gasteiger charge is -2.26. The molecule has 1 aliphatic rings. The minimum absolute atomic E-state index is 0.0553. The third-order valence-electron chi connectivity index (χ3n) is 4.10. The van der Waals surface area contributed by atoms with Crippen LogP contribution in [0.2, 0.25) is 0 Å². The summed E-state index contributed by atoms with van der Waals surface area (Å²) in [5, 5.41) is 20.7. The summed E-state index contributed by atoms with van der Waals surface area (Å²) >= 11 is 0. The van der Waals surface area contributed by atoms with E-state index in [0.717, 1.165) is 4.90 Å². The highest BCUT2D eigenvalue weighted by Crippen LogP contribution is 2.35. The molecule has 0 atom stereocenters. The van der Waals surface area contributed by atoms with Gasteiger partial charge in [0.2, 0.25) is 0 Å². The van der Waals surface area contributed by atoms with Crippen LogP contribution in [0.25, 0.3) is 10.8 Å². The Bertz CT molecular complexity index is 918. The number of nitrogens with zero attached hydrogens (tertiary/aromatic N) is 3. The SMILES string of the molecule is CNC(=O)OCCN=Nc1ccc2c3c(cccc13)C(=O)N(CCO)C2=O. The first-order chi connectivity index (χ1) is 13.1. The molecule has 2 aromatic rings. The van der Waals surface area contributed by atoms with E-state index in [1.165, 1.54) is 7.05 Å². The Balaban J connectivity index is 1.91. The standard InChI is InChI=1S/C18H18N4O5/c1-19-18(26)27-10-7-20-21-14-6-5-13-15-11(14)3-2-4-12(15)16(24)22(8-9-23)17(13)25/h2-6,23H,7-10H2,1H3,(H,19,26). The Morgan fingerprint density at radius 2 is 1.93 bits per heavy atom. The average Bonchev–Trinajstić information content (AvgIpc) is 2.69. The second kappa shape index (κ2) is 7.92. The number of carbonyl (C=O) groups excluding carboxylic acids is 3. The molecule has 27 heavy (non-hydrogen) atoms. The number of hydrogen-bond donors (Lipinski definition) is 2. The van der Waals surface area contributed by atoms with Crippen molar-refractivity contribution in [2.45, 2.75) is 0 Å². The van der Waals surface area contributed by atoms with Crippen LogP contribution in [0.15, 0.2) is 40.6 Å². The number of azo groups is 1. The highest BCUT2D eigenvalue weighted by molar-refractivity contribution is 6.26. The van der Waals surface area contributed by atoms with E-state index >= 15 is 0 Å². The summed E-state index contributed by atoms with van der Waals surface area (Å²) in [5.41, 5.74) is 1.28. The van der Waals surface area contributed by atoms with Gasteiger partial charge in [-0.05, 0) is 18.2 Å². The largest absolute Gasteiger partial charge is 0.448 e. The normalized spacial score (nSPS) is 13.5. The summed E-state index contributed by atoms with van der Waals surface area (Å²) in [5.74, 6) is -0.888. The fraction of sp³-hybridized carbons (Fsp3) is 0.278. The van der Waals surface area contributed by atoms with Gasteiger partial charge >= 0.3 is 6.09 Å². The van der Waals surface area contributed by atoms with Crippen LogP contribution in [-0.4, -0.2) is 61.3 Å². The third kappa shape index (κ3) is 3.49. The summed E-state index contributed by atoms with van der Waals surface area (Å²) in [6, 6.07) is 8.36. The molecule has 0 aromatic heterocycles. The van der Waals surface area contributed by atoms with Gasteiger partial charge in [0.25, 0.3) is 11.8 Å². The van der Waals surface area contributed by atoms with Gasteiger partial charge < -0.3 is 15.2 Å². The van der Waals surface area contributed by atoms with Gasteiger partial charge in [0.05, 0.1) is 25.4 Å². The molecule has 0 saturated carbocycles. The molecule has 0 aliphatic carbocycles. The molecule has 9 heteroatoms. The zero-order valence-electron chi connectivity index (χ0n) is 14.6. The van der Waals surface area contributed by atoms with Crippen molar-refractivity contribution < 1.29 is 24.2 Å². The molecule has 1 heterocycles. The van der Waals surface area contributed by atoms with Gasteiger partial charge in [0, 0.05) is 28.9 Å². The lowest BCUT2D eigenvalue weighted by molar-refractivity contribution is 0.0580. The van der Waals surface area contributed by atoms with Crippen LogP contribution in [0.1, 0.15) is 20.7 Å². The quantitative estimate of drug-likeness (QED) is 0.457. The average molecular weight is 370 g/mol. The number of benzene rings is 2. The van der Waals surface area contributed by atoms with Gasteiger partial charge in [-0.1, -0.05) is 12.1 Å². The highest BCUT2D eigenvalue weighted by Gasteiger charge is 2.32. The first kappa shape index (κ1) is 18.5. The van der Waals surface area contributed by atoms with Crippen LogP contribution < -0.4 is 5.32 Å². The van der Waals surface area contributed by atoms with Crippen LogP contribution in [-0.2, 0) is 4.74 Å². The van der Waals surface area contributed by atoms with E-state index in [9.17, 15) is 14.4 Å². The minimum atomic E-state index is -0.545. The van der Waals surface area contributed by atoms with Crippen molar-refractivity contribution >= 4 is 34.4 Å². The molecule has 0 spiro atoms. The molecule has 2 aromatic carbocycles. The van der Waals surface area contributed by atoms with Crippen LogP contribution in [0.4, 0.5) is 10.5 Å². The lowest BCUT2D eigenvalue weighted by atomic mass is 9.93. The smallest absolute Gasteiger partial charge is 0.406 e. The zero-order valence-corrected chi connectivity index (χ0v) is 14.6. The molecular formula is C18H18N4O5. The minimum Gasteiger partial charge on any atom is -0.448 e. The second-order valence-electron chi connectivity index (χ2n) is 5.70. The first-order valence-electron chi connectivity index (χ1n) is 8.33.